The summed E-state index contributed by atoms with van der Waals surface area (Å²) in [5.74, 6) is -3.39. The van der Waals surface area contributed by atoms with Gasteiger partial charge in [0.15, 0.2) is 0 Å². The molecule has 1 N–H and O–H groups in total. The van der Waals surface area contributed by atoms with Crippen LogP contribution in [-0.2, 0) is 6.18 Å². The third-order valence-electron chi connectivity index (χ3n) is 4.34. The minimum absolute atomic E-state index is 0.0464. The topological polar surface area (TPSA) is 111 Å². The van der Waals surface area contributed by atoms with Gasteiger partial charge in [-0.25, -0.2) is 9.37 Å². The Balaban J connectivity index is 1.41. The molecule has 0 spiro atoms. The van der Waals surface area contributed by atoms with Crippen LogP contribution in [0.15, 0.2) is 63.7 Å². The summed E-state index contributed by atoms with van der Waals surface area (Å²) in [7, 11) is 0. The molecule has 2 aromatic heterocycles. The van der Waals surface area contributed by atoms with Crippen molar-refractivity contribution in [2.75, 3.05) is 6.54 Å². The van der Waals surface area contributed by atoms with Gasteiger partial charge in [-0.1, -0.05) is 17.3 Å². The van der Waals surface area contributed by atoms with Crippen molar-refractivity contribution in [2.24, 2.45) is 0 Å². The number of oxazole rings is 1. The Morgan fingerprint density at radius 3 is 2.45 bits per heavy atom. The molecule has 1 amide bonds. The number of carbonyl (C=O) groups excluding carboxylic acids is 2. The monoisotopic (exact) mass is 460 g/mol. The van der Waals surface area contributed by atoms with Gasteiger partial charge < -0.3 is 14.3 Å². The standard InChI is InChI=1S/C21H12F4N4O4/c22-14-6-4-11(5-7-14)19-27-15(10-32-19)16(30)9-26-18(31)13-3-1-2-12(8-13)17-28-20(33-29-17)21(23,24)25/h1-8,10H,9H2,(H,26,31). The van der Waals surface area contributed by atoms with E-state index in [4.69, 9.17) is 4.42 Å². The molecule has 168 valence electrons. The average Bonchev–Trinajstić information content (AvgIpc) is 3.48. The summed E-state index contributed by atoms with van der Waals surface area (Å²) in [5, 5.41) is 5.67. The van der Waals surface area contributed by atoms with Crippen molar-refractivity contribution < 1.29 is 36.1 Å². The van der Waals surface area contributed by atoms with Crippen LogP contribution in [0.5, 0.6) is 0 Å². The number of Topliss-reactive ketones (excluding diaryl/α,β-unsaturated/α-hetero) is 1. The molecule has 0 saturated heterocycles. The maximum absolute atomic E-state index is 13.0. The molecule has 0 atom stereocenters. The smallest absolute Gasteiger partial charge is 0.444 e. The van der Waals surface area contributed by atoms with Gasteiger partial charge in [-0.15, -0.1) is 0 Å². The van der Waals surface area contributed by atoms with E-state index in [0.717, 1.165) is 6.26 Å². The van der Waals surface area contributed by atoms with Crippen molar-refractivity contribution in [1.82, 2.24) is 20.4 Å². The molecule has 12 heteroatoms. The van der Waals surface area contributed by atoms with E-state index in [1.807, 2.05) is 0 Å². The van der Waals surface area contributed by atoms with Crippen molar-refractivity contribution in [3.63, 3.8) is 0 Å². The Labute approximate surface area is 182 Å². The zero-order valence-corrected chi connectivity index (χ0v) is 16.4. The van der Waals surface area contributed by atoms with Crippen molar-refractivity contribution in [1.29, 1.82) is 0 Å². The molecule has 2 aromatic carbocycles. The molecule has 0 radical (unpaired) electrons. The number of amides is 1. The van der Waals surface area contributed by atoms with Crippen LogP contribution < -0.4 is 5.32 Å². The summed E-state index contributed by atoms with van der Waals surface area (Å²) in [5.41, 5.74) is 0.598. The van der Waals surface area contributed by atoms with E-state index in [-0.39, 0.29) is 28.5 Å². The molecule has 0 saturated carbocycles. The van der Waals surface area contributed by atoms with Gasteiger partial charge in [0.25, 0.3) is 5.91 Å². The number of ketones is 1. The van der Waals surface area contributed by atoms with Gasteiger partial charge in [0.2, 0.25) is 17.5 Å². The van der Waals surface area contributed by atoms with Crippen molar-refractivity contribution in [2.45, 2.75) is 6.18 Å². The van der Waals surface area contributed by atoms with Crippen LogP contribution in [-0.4, -0.2) is 33.4 Å². The number of hydrogen-bond acceptors (Lipinski definition) is 7. The Hall–Kier alpha value is -4.35. The van der Waals surface area contributed by atoms with Gasteiger partial charge in [-0.2, -0.15) is 18.2 Å². The number of nitrogens with one attached hydrogen (secondary N) is 1. The predicted molar refractivity (Wildman–Crippen MR) is 103 cm³/mol. The van der Waals surface area contributed by atoms with Gasteiger partial charge in [0.05, 0.1) is 6.54 Å². The Morgan fingerprint density at radius 1 is 1.00 bits per heavy atom. The van der Waals surface area contributed by atoms with Crippen LogP contribution >= 0.6 is 0 Å². The van der Waals surface area contributed by atoms with Gasteiger partial charge in [-0.3, -0.25) is 9.59 Å². The van der Waals surface area contributed by atoms with Crippen LogP contribution in [0.2, 0.25) is 0 Å². The Morgan fingerprint density at radius 2 is 1.76 bits per heavy atom. The highest BCUT2D eigenvalue weighted by Crippen LogP contribution is 2.29. The van der Waals surface area contributed by atoms with E-state index in [2.05, 4.69) is 25.0 Å². The van der Waals surface area contributed by atoms with Crippen LogP contribution in [0.1, 0.15) is 26.7 Å². The van der Waals surface area contributed by atoms with Gasteiger partial charge in [0, 0.05) is 16.7 Å². The zero-order chi connectivity index (χ0) is 23.6. The summed E-state index contributed by atoms with van der Waals surface area (Å²) >= 11 is 0. The molecular weight excluding hydrogens is 448 g/mol. The number of aromatic nitrogens is 3. The van der Waals surface area contributed by atoms with Crippen molar-refractivity contribution in [3.8, 4) is 22.8 Å². The zero-order valence-electron chi connectivity index (χ0n) is 16.4. The normalized spacial score (nSPS) is 11.4. The molecule has 0 aliphatic carbocycles. The fraction of sp³-hybridized carbons (Fsp3) is 0.0952. The lowest BCUT2D eigenvalue weighted by atomic mass is 10.1. The molecule has 4 aromatic rings. The van der Waals surface area contributed by atoms with Gasteiger partial charge in [0.1, 0.15) is 17.8 Å². The number of halogens is 4. The SMILES string of the molecule is O=C(NCC(=O)c1coc(-c2ccc(F)cc2)n1)c1cccc(-c2noc(C(F)(F)F)n2)c1. The molecule has 0 aliphatic heterocycles. The van der Waals surface area contributed by atoms with E-state index in [0.29, 0.717) is 5.56 Å². The molecule has 8 nitrogen and oxygen atoms in total. The van der Waals surface area contributed by atoms with Gasteiger partial charge in [-0.05, 0) is 36.4 Å². The average molecular weight is 460 g/mol. The quantitative estimate of drug-likeness (QED) is 0.340. The Kier molecular flexibility index (Phi) is 5.73. The second-order valence-electron chi connectivity index (χ2n) is 6.65. The summed E-state index contributed by atoms with van der Waals surface area (Å²) in [6, 6.07) is 10.8. The number of hydrogen-bond donors (Lipinski definition) is 1. The first-order valence-electron chi connectivity index (χ1n) is 9.25. The van der Waals surface area contributed by atoms with Gasteiger partial charge >= 0.3 is 12.1 Å². The van der Waals surface area contributed by atoms with Crippen LogP contribution in [0, 0.1) is 5.82 Å². The maximum Gasteiger partial charge on any atom is 0.471 e. The summed E-state index contributed by atoms with van der Waals surface area (Å²) < 4.78 is 60.3. The van der Waals surface area contributed by atoms with E-state index in [1.54, 1.807) is 0 Å². The highest BCUT2D eigenvalue weighted by Gasteiger charge is 2.38. The molecule has 2 heterocycles. The fourth-order valence-corrected chi connectivity index (χ4v) is 2.74. The third-order valence-corrected chi connectivity index (χ3v) is 4.34. The first-order chi connectivity index (χ1) is 15.7. The lowest BCUT2D eigenvalue weighted by Gasteiger charge is -2.04. The summed E-state index contributed by atoms with van der Waals surface area (Å²) in [6.07, 6.45) is -3.68. The lowest BCUT2D eigenvalue weighted by Crippen LogP contribution is -2.29. The first-order valence-corrected chi connectivity index (χ1v) is 9.25. The van der Waals surface area contributed by atoms with E-state index in [9.17, 15) is 27.2 Å². The highest BCUT2D eigenvalue weighted by atomic mass is 19.4. The number of alkyl halides is 3. The van der Waals surface area contributed by atoms with E-state index < -0.39 is 36.1 Å². The number of nitrogens with zero attached hydrogens (tertiary/aromatic N) is 3. The van der Waals surface area contributed by atoms with Crippen LogP contribution in [0.25, 0.3) is 22.8 Å². The molecular formula is C21H12F4N4O4. The molecule has 0 fully saturated rings. The number of rotatable bonds is 6. The highest BCUT2D eigenvalue weighted by molar-refractivity contribution is 6.01. The minimum Gasteiger partial charge on any atom is -0.444 e. The first kappa shape index (κ1) is 21.9. The van der Waals surface area contributed by atoms with E-state index in [1.165, 1.54) is 48.5 Å². The number of benzene rings is 2. The summed E-state index contributed by atoms with van der Waals surface area (Å²) in [4.78, 5) is 32.0. The maximum atomic E-state index is 13.0. The molecule has 4 rings (SSSR count). The second kappa shape index (κ2) is 8.65. The lowest BCUT2D eigenvalue weighted by molar-refractivity contribution is -0.159. The fourth-order valence-electron chi connectivity index (χ4n) is 2.74. The van der Waals surface area contributed by atoms with E-state index >= 15 is 0 Å². The van der Waals surface area contributed by atoms with Crippen LogP contribution in [0.3, 0.4) is 0 Å². The van der Waals surface area contributed by atoms with Crippen molar-refractivity contribution >= 4 is 11.7 Å². The number of carbonyl (C=O) groups is 2. The molecule has 0 aliphatic rings. The summed E-state index contributed by atoms with van der Waals surface area (Å²) in [6.45, 7) is -0.418. The second-order valence-corrected chi connectivity index (χ2v) is 6.65. The molecule has 0 unspecified atom stereocenters. The van der Waals surface area contributed by atoms with Crippen LogP contribution in [0.4, 0.5) is 17.6 Å². The predicted octanol–water partition coefficient (Wildman–Crippen LogP) is 4.16. The molecule has 33 heavy (non-hydrogen) atoms. The molecule has 0 bridgehead atoms. The Bertz CT molecular complexity index is 1310. The van der Waals surface area contributed by atoms with Crippen molar-refractivity contribution in [3.05, 3.63) is 77.8 Å². The minimum atomic E-state index is -4.79. The third kappa shape index (κ3) is 4.95. The largest absolute Gasteiger partial charge is 0.471 e.